The van der Waals surface area contributed by atoms with Gasteiger partial charge in [-0.2, -0.15) is 0 Å². The molecule has 2 rings (SSSR count). The first kappa shape index (κ1) is 11.4. The molecule has 0 saturated carbocycles. The second-order valence-electron chi connectivity index (χ2n) is 3.87. The topological polar surface area (TPSA) is 60.9 Å². The van der Waals surface area contributed by atoms with Gasteiger partial charge in [-0.1, -0.05) is 18.2 Å². The van der Waals surface area contributed by atoms with Crippen molar-refractivity contribution in [3.05, 3.63) is 30.3 Å². The van der Waals surface area contributed by atoms with Crippen molar-refractivity contribution >= 4 is 17.6 Å². The van der Waals surface area contributed by atoms with Gasteiger partial charge >= 0.3 is 5.97 Å². The third kappa shape index (κ3) is 2.55. The quantitative estimate of drug-likeness (QED) is 0.848. The third-order valence-corrected chi connectivity index (χ3v) is 2.71. The van der Waals surface area contributed by atoms with Gasteiger partial charge in [0.1, 0.15) is 0 Å². The molecule has 1 fully saturated rings. The van der Waals surface area contributed by atoms with Gasteiger partial charge in [0.2, 0.25) is 5.91 Å². The van der Waals surface area contributed by atoms with Crippen molar-refractivity contribution in [2.24, 2.45) is 0 Å². The Morgan fingerprint density at radius 2 is 2.00 bits per heavy atom. The van der Waals surface area contributed by atoms with Gasteiger partial charge < -0.3 is 5.11 Å². The lowest BCUT2D eigenvalue weighted by Gasteiger charge is -2.29. The molecule has 1 N–H and O–H groups in total. The Morgan fingerprint density at radius 1 is 1.29 bits per heavy atom. The smallest absolute Gasteiger partial charge is 0.305 e. The Labute approximate surface area is 99.2 Å². The Balaban J connectivity index is 2.11. The van der Waals surface area contributed by atoms with Crippen LogP contribution in [0.2, 0.25) is 0 Å². The number of hydrogen-bond donors (Lipinski definition) is 1. The van der Waals surface area contributed by atoms with Crippen molar-refractivity contribution in [1.29, 1.82) is 0 Å². The summed E-state index contributed by atoms with van der Waals surface area (Å²) in [5.41, 5.74) is 0.920. The predicted molar refractivity (Wildman–Crippen MR) is 62.4 cm³/mol. The number of amides is 1. The number of hydrogen-bond acceptors (Lipinski definition) is 3. The van der Waals surface area contributed by atoms with Crippen molar-refractivity contribution in [2.45, 2.75) is 12.8 Å². The molecule has 0 atom stereocenters. The molecule has 0 aliphatic carbocycles. The van der Waals surface area contributed by atoms with Crippen molar-refractivity contribution in [3.8, 4) is 0 Å². The highest BCUT2D eigenvalue weighted by atomic mass is 16.4. The number of nitrogens with zero attached hydrogens (tertiary/aromatic N) is 2. The summed E-state index contributed by atoms with van der Waals surface area (Å²) in [5.74, 6) is -0.909. The van der Waals surface area contributed by atoms with Crippen LogP contribution < -0.4 is 5.01 Å². The second kappa shape index (κ2) is 4.86. The Bertz CT molecular complexity index is 419. The molecule has 17 heavy (non-hydrogen) atoms. The highest BCUT2D eigenvalue weighted by Gasteiger charge is 2.29. The van der Waals surface area contributed by atoms with E-state index in [4.69, 9.17) is 5.11 Å². The van der Waals surface area contributed by atoms with Gasteiger partial charge in [-0.05, 0) is 12.1 Å². The lowest BCUT2D eigenvalue weighted by Crippen LogP contribution is -2.40. The molecule has 1 aromatic rings. The number of carboxylic acid groups (broad SMARTS) is 1. The molecule has 5 heteroatoms. The van der Waals surface area contributed by atoms with Gasteiger partial charge in [0.05, 0.1) is 18.7 Å². The Morgan fingerprint density at radius 3 is 2.65 bits per heavy atom. The number of aliphatic carboxylic acids is 1. The Hall–Kier alpha value is -2.04. The molecule has 1 aromatic carbocycles. The zero-order valence-corrected chi connectivity index (χ0v) is 9.37. The van der Waals surface area contributed by atoms with Gasteiger partial charge in [-0.15, -0.1) is 0 Å². The number of carbonyl (C=O) groups excluding carboxylic acids is 1. The number of benzene rings is 1. The van der Waals surface area contributed by atoms with Crippen molar-refractivity contribution in [2.75, 3.05) is 18.1 Å². The van der Waals surface area contributed by atoms with Crippen LogP contribution in [0, 0.1) is 0 Å². The minimum Gasteiger partial charge on any atom is -0.481 e. The van der Waals surface area contributed by atoms with Crippen LogP contribution in [0.1, 0.15) is 12.8 Å². The maximum atomic E-state index is 11.7. The number of carbonyl (C=O) groups is 2. The van der Waals surface area contributed by atoms with Crippen molar-refractivity contribution in [3.63, 3.8) is 0 Å². The molecule has 0 unspecified atom stereocenters. The SMILES string of the molecule is O=C(O)CCN1C(=O)CCN1c1ccccc1. The lowest BCUT2D eigenvalue weighted by molar-refractivity contribution is -0.138. The van der Waals surface area contributed by atoms with Gasteiger partial charge in [-0.3, -0.25) is 19.6 Å². The van der Waals surface area contributed by atoms with Gasteiger partial charge in [-0.25, -0.2) is 0 Å². The predicted octanol–water partition coefficient (Wildman–Crippen LogP) is 1.11. The van der Waals surface area contributed by atoms with E-state index in [1.54, 1.807) is 0 Å². The summed E-state index contributed by atoms with van der Waals surface area (Å²) in [5, 5.41) is 12.0. The van der Waals surface area contributed by atoms with E-state index < -0.39 is 5.97 Å². The van der Waals surface area contributed by atoms with Crippen molar-refractivity contribution in [1.82, 2.24) is 5.01 Å². The molecule has 1 saturated heterocycles. The average Bonchev–Trinajstić information content (AvgIpc) is 2.69. The zero-order valence-electron chi connectivity index (χ0n) is 9.37. The fourth-order valence-corrected chi connectivity index (χ4v) is 1.90. The molecule has 0 aromatic heterocycles. The maximum Gasteiger partial charge on any atom is 0.305 e. The van der Waals surface area contributed by atoms with Crippen LogP contribution in [0.3, 0.4) is 0 Å². The molecule has 1 aliphatic heterocycles. The summed E-state index contributed by atoms with van der Waals surface area (Å²) in [4.78, 5) is 22.2. The summed E-state index contributed by atoms with van der Waals surface area (Å²) in [7, 11) is 0. The van der Waals surface area contributed by atoms with E-state index in [0.717, 1.165) is 5.69 Å². The van der Waals surface area contributed by atoms with Crippen LogP contribution in [-0.2, 0) is 9.59 Å². The number of carboxylic acids is 1. The van der Waals surface area contributed by atoms with E-state index in [-0.39, 0.29) is 18.9 Å². The van der Waals surface area contributed by atoms with Crippen LogP contribution >= 0.6 is 0 Å². The number of anilines is 1. The van der Waals surface area contributed by atoms with E-state index in [0.29, 0.717) is 13.0 Å². The summed E-state index contributed by atoms with van der Waals surface area (Å²) in [6.45, 7) is 0.839. The summed E-state index contributed by atoms with van der Waals surface area (Å²) >= 11 is 0. The minimum atomic E-state index is -0.891. The largest absolute Gasteiger partial charge is 0.481 e. The molecule has 1 aliphatic rings. The lowest BCUT2D eigenvalue weighted by atomic mass is 10.3. The second-order valence-corrected chi connectivity index (χ2v) is 3.87. The van der Waals surface area contributed by atoms with E-state index in [1.807, 2.05) is 35.3 Å². The number of hydrazine groups is 1. The normalized spacial score (nSPS) is 15.4. The summed E-state index contributed by atoms with van der Waals surface area (Å²) < 4.78 is 0. The number of para-hydroxylation sites is 1. The Kier molecular flexibility index (Phi) is 3.27. The summed E-state index contributed by atoms with van der Waals surface area (Å²) in [6, 6.07) is 9.52. The third-order valence-electron chi connectivity index (χ3n) is 2.71. The zero-order chi connectivity index (χ0) is 12.3. The first-order chi connectivity index (χ1) is 8.18. The fourth-order valence-electron chi connectivity index (χ4n) is 1.90. The molecule has 5 nitrogen and oxygen atoms in total. The van der Waals surface area contributed by atoms with Crippen molar-refractivity contribution < 1.29 is 14.7 Å². The molecule has 90 valence electrons. The van der Waals surface area contributed by atoms with E-state index in [9.17, 15) is 9.59 Å². The van der Waals surface area contributed by atoms with Gasteiger partial charge in [0.25, 0.3) is 0 Å². The first-order valence-corrected chi connectivity index (χ1v) is 5.53. The van der Waals surface area contributed by atoms with Crippen LogP contribution in [0.15, 0.2) is 30.3 Å². The molecule has 0 bridgehead atoms. The van der Waals surface area contributed by atoms with Crippen LogP contribution in [0.5, 0.6) is 0 Å². The van der Waals surface area contributed by atoms with Crippen LogP contribution in [-0.4, -0.2) is 35.1 Å². The minimum absolute atomic E-state index is 0.0184. The standard InChI is InChI=1S/C12H14N2O3/c15-11-6-8-13(10-4-2-1-3-5-10)14(11)9-7-12(16)17/h1-5H,6-9H2,(H,16,17). The average molecular weight is 234 g/mol. The highest BCUT2D eigenvalue weighted by molar-refractivity contribution is 5.82. The molecule has 0 radical (unpaired) electrons. The van der Waals surface area contributed by atoms with Gasteiger partial charge in [0, 0.05) is 13.0 Å². The molecule has 0 spiro atoms. The van der Waals surface area contributed by atoms with E-state index >= 15 is 0 Å². The van der Waals surface area contributed by atoms with Crippen LogP contribution in [0.25, 0.3) is 0 Å². The highest BCUT2D eigenvalue weighted by Crippen LogP contribution is 2.22. The van der Waals surface area contributed by atoms with Gasteiger partial charge in [0.15, 0.2) is 0 Å². The molecular weight excluding hydrogens is 220 g/mol. The molecule has 1 amide bonds. The van der Waals surface area contributed by atoms with E-state index in [2.05, 4.69) is 0 Å². The first-order valence-electron chi connectivity index (χ1n) is 5.53. The van der Waals surface area contributed by atoms with E-state index in [1.165, 1.54) is 5.01 Å². The monoisotopic (exact) mass is 234 g/mol. The number of rotatable bonds is 4. The maximum absolute atomic E-state index is 11.7. The molecular formula is C12H14N2O3. The molecule has 1 heterocycles. The fraction of sp³-hybridized carbons (Fsp3) is 0.333. The van der Waals surface area contributed by atoms with Crippen LogP contribution in [0.4, 0.5) is 5.69 Å². The summed E-state index contributed by atoms with van der Waals surface area (Å²) in [6.07, 6.45) is 0.406.